The number of hydrogen-bond acceptors (Lipinski definition) is 2. The Bertz CT molecular complexity index is 1080. The lowest BCUT2D eigenvalue weighted by Gasteiger charge is -2.13. The largest absolute Gasteiger partial charge is 0.335 e. The summed E-state index contributed by atoms with van der Waals surface area (Å²) >= 11 is 17.8. The van der Waals surface area contributed by atoms with Gasteiger partial charge < -0.3 is 0 Å². The van der Waals surface area contributed by atoms with Crippen molar-refractivity contribution < 1.29 is 4.39 Å². The molecule has 4 nitrogen and oxygen atoms in total. The van der Waals surface area contributed by atoms with Crippen molar-refractivity contribution in [3.8, 4) is 16.9 Å². The van der Waals surface area contributed by atoms with E-state index in [1.807, 2.05) is 0 Å². The summed E-state index contributed by atoms with van der Waals surface area (Å²) in [4.78, 5) is 25.2. The van der Waals surface area contributed by atoms with Crippen molar-refractivity contribution in [1.29, 1.82) is 0 Å². The third-order valence-electron chi connectivity index (χ3n) is 3.70. The number of halogens is 4. The highest BCUT2D eigenvalue weighted by Gasteiger charge is 2.16. The van der Waals surface area contributed by atoms with E-state index in [1.165, 1.54) is 48.0 Å². The van der Waals surface area contributed by atoms with Gasteiger partial charge in [0.15, 0.2) is 0 Å². The van der Waals surface area contributed by atoms with E-state index in [4.69, 9.17) is 34.8 Å². The van der Waals surface area contributed by atoms with Crippen molar-refractivity contribution in [2.45, 2.75) is 0 Å². The molecule has 0 unspecified atom stereocenters. The zero-order chi connectivity index (χ0) is 18.3. The van der Waals surface area contributed by atoms with Gasteiger partial charge in [-0.1, -0.05) is 46.9 Å². The van der Waals surface area contributed by atoms with Crippen molar-refractivity contribution in [3.63, 3.8) is 0 Å². The van der Waals surface area contributed by atoms with Gasteiger partial charge in [-0.15, -0.1) is 0 Å². The van der Waals surface area contributed by atoms with Gasteiger partial charge in [-0.25, -0.2) is 13.8 Å². The molecule has 128 valence electrons. The van der Waals surface area contributed by atoms with Crippen LogP contribution in [0.5, 0.6) is 0 Å². The molecule has 0 aliphatic rings. The minimum atomic E-state index is -0.666. The van der Waals surface area contributed by atoms with E-state index in [-0.39, 0.29) is 32.0 Å². The van der Waals surface area contributed by atoms with Crippen molar-refractivity contribution in [3.05, 3.63) is 84.2 Å². The molecule has 0 amide bonds. The normalized spacial score (nSPS) is 10.9. The molecule has 0 fully saturated rings. The first kappa shape index (κ1) is 17.7. The Morgan fingerprint density at radius 2 is 1.56 bits per heavy atom. The van der Waals surface area contributed by atoms with Gasteiger partial charge in [0.25, 0.3) is 5.56 Å². The average molecular weight is 400 g/mol. The van der Waals surface area contributed by atoms with Crippen molar-refractivity contribution in [2.24, 2.45) is 7.05 Å². The molecule has 3 rings (SSSR count). The van der Waals surface area contributed by atoms with E-state index in [0.717, 1.165) is 4.57 Å². The number of nitrogens with zero attached hydrogens (tertiary/aromatic N) is 2. The molecule has 2 aromatic carbocycles. The molecule has 0 saturated carbocycles. The number of rotatable bonds is 2. The standard InChI is InChI=1S/C17H10Cl3FN2O2/c1-22-14(10-4-2-3-5-13(10)21)8-15(24)23(17(22)25)9-6-11(18)16(20)12(19)7-9/h2-8H,1H3. The van der Waals surface area contributed by atoms with Crippen LogP contribution >= 0.6 is 34.8 Å². The molecular weight excluding hydrogens is 390 g/mol. The minimum absolute atomic E-state index is 0.108. The number of hydrogen-bond donors (Lipinski definition) is 0. The van der Waals surface area contributed by atoms with Crippen LogP contribution in [0.15, 0.2) is 52.1 Å². The lowest BCUT2D eigenvalue weighted by Crippen LogP contribution is -2.38. The van der Waals surface area contributed by atoms with Crippen LogP contribution in [0.4, 0.5) is 4.39 Å². The molecule has 0 atom stereocenters. The van der Waals surface area contributed by atoms with Crippen LogP contribution < -0.4 is 11.2 Å². The zero-order valence-corrected chi connectivity index (χ0v) is 15.0. The first-order valence-corrected chi connectivity index (χ1v) is 8.17. The third kappa shape index (κ3) is 3.11. The minimum Gasteiger partial charge on any atom is -0.296 e. The summed E-state index contributed by atoms with van der Waals surface area (Å²) < 4.78 is 16.1. The molecule has 8 heteroatoms. The van der Waals surface area contributed by atoms with Gasteiger partial charge >= 0.3 is 5.69 Å². The molecule has 0 radical (unpaired) electrons. The van der Waals surface area contributed by atoms with Gasteiger partial charge in [0.1, 0.15) is 5.82 Å². The lowest BCUT2D eigenvalue weighted by atomic mass is 10.1. The number of benzene rings is 2. The van der Waals surface area contributed by atoms with E-state index in [0.29, 0.717) is 0 Å². The summed E-state index contributed by atoms with van der Waals surface area (Å²) in [7, 11) is 1.44. The highest BCUT2D eigenvalue weighted by molar-refractivity contribution is 6.48. The maximum Gasteiger partial charge on any atom is 0.335 e. The van der Waals surface area contributed by atoms with E-state index < -0.39 is 17.1 Å². The summed E-state index contributed by atoms with van der Waals surface area (Å²) in [6.45, 7) is 0. The van der Waals surface area contributed by atoms with Gasteiger partial charge in [0, 0.05) is 18.7 Å². The number of aromatic nitrogens is 2. The first-order valence-electron chi connectivity index (χ1n) is 7.04. The predicted octanol–water partition coefficient (Wildman–Crippen LogP) is 4.30. The first-order chi connectivity index (χ1) is 11.8. The molecule has 0 aliphatic heterocycles. The average Bonchev–Trinajstić information content (AvgIpc) is 2.56. The molecule has 3 aromatic rings. The smallest absolute Gasteiger partial charge is 0.296 e. The fourth-order valence-electron chi connectivity index (χ4n) is 2.46. The monoisotopic (exact) mass is 398 g/mol. The molecule has 1 aromatic heterocycles. The maximum atomic E-state index is 14.0. The van der Waals surface area contributed by atoms with Crippen LogP contribution in [0.2, 0.25) is 15.1 Å². The van der Waals surface area contributed by atoms with E-state index >= 15 is 0 Å². The van der Waals surface area contributed by atoms with Crippen molar-refractivity contribution >= 4 is 34.8 Å². The molecule has 0 saturated heterocycles. The molecular formula is C17H10Cl3FN2O2. The summed E-state index contributed by atoms with van der Waals surface area (Å²) in [5, 5.41) is 0.340. The topological polar surface area (TPSA) is 44.0 Å². The second kappa shape index (κ2) is 6.67. The summed E-state index contributed by atoms with van der Waals surface area (Å²) in [6.07, 6.45) is 0. The Labute approximate surface area is 156 Å². The Morgan fingerprint density at radius 3 is 2.16 bits per heavy atom. The third-order valence-corrected chi connectivity index (χ3v) is 4.89. The van der Waals surface area contributed by atoms with Crippen LogP contribution in [0.25, 0.3) is 16.9 Å². The van der Waals surface area contributed by atoms with Crippen molar-refractivity contribution in [2.75, 3.05) is 0 Å². The maximum absolute atomic E-state index is 14.0. The summed E-state index contributed by atoms with van der Waals surface area (Å²) in [5.74, 6) is -0.535. The summed E-state index contributed by atoms with van der Waals surface area (Å²) in [6, 6.07) is 9.79. The molecule has 0 aliphatic carbocycles. The fraction of sp³-hybridized carbons (Fsp3) is 0.0588. The lowest BCUT2D eigenvalue weighted by molar-refractivity contribution is 0.627. The second-order valence-electron chi connectivity index (χ2n) is 5.25. The van der Waals surface area contributed by atoms with Crippen LogP contribution in [0, 0.1) is 5.82 Å². The van der Waals surface area contributed by atoms with E-state index in [1.54, 1.807) is 6.07 Å². The van der Waals surface area contributed by atoms with Crippen LogP contribution in [0.3, 0.4) is 0 Å². The molecule has 1 heterocycles. The van der Waals surface area contributed by atoms with Gasteiger partial charge in [-0.3, -0.25) is 9.36 Å². The Kier molecular flexibility index (Phi) is 4.73. The zero-order valence-electron chi connectivity index (χ0n) is 12.8. The molecule has 0 spiro atoms. The van der Waals surface area contributed by atoms with Crippen LogP contribution in [-0.4, -0.2) is 9.13 Å². The van der Waals surface area contributed by atoms with Gasteiger partial charge in [0.05, 0.1) is 26.4 Å². The quantitative estimate of drug-likeness (QED) is 0.603. The van der Waals surface area contributed by atoms with Crippen molar-refractivity contribution in [1.82, 2.24) is 9.13 Å². The van der Waals surface area contributed by atoms with E-state index in [9.17, 15) is 14.0 Å². The fourth-order valence-corrected chi connectivity index (χ4v) is 3.05. The molecule has 0 N–H and O–H groups in total. The van der Waals surface area contributed by atoms with Gasteiger partial charge in [-0.05, 0) is 24.3 Å². The highest BCUT2D eigenvalue weighted by atomic mass is 35.5. The van der Waals surface area contributed by atoms with Gasteiger partial charge in [0.2, 0.25) is 0 Å². The summed E-state index contributed by atoms with van der Waals surface area (Å²) in [5.41, 5.74) is -0.824. The Balaban J connectivity index is 2.30. The predicted molar refractivity (Wildman–Crippen MR) is 97.7 cm³/mol. The van der Waals surface area contributed by atoms with E-state index in [2.05, 4.69) is 0 Å². The Hall–Kier alpha value is -2.08. The Morgan fingerprint density at radius 1 is 0.960 bits per heavy atom. The molecule has 25 heavy (non-hydrogen) atoms. The second-order valence-corrected chi connectivity index (χ2v) is 6.44. The molecule has 0 bridgehead atoms. The highest BCUT2D eigenvalue weighted by Crippen LogP contribution is 2.32. The van der Waals surface area contributed by atoms with Crippen LogP contribution in [0.1, 0.15) is 0 Å². The van der Waals surface area contributed by atoms with Gasteiger partial charge in [-0.2, -0.15) is 0 Å². The SMILES string of the molecule is Cn1c(-c2ccccc2F)cc(=O)n(-c2cc(Cl)c(Cl)c(Cl)c2)c1=O. The van der Waals surface area contributed by atoms with Crippen LogP contribution in [-0.2, 0) is 7.05 Å².